The van der Waals surface area contributed by atoms with Crippen molar-refractivity contribution in [3.63, 3.8) is 0 Å². The molecule has 4 aromatic rings. The van der Waals surface area contributed by atoms with Gasteiger partial charge >= 0.3 is 0 Å². The van der Waals surface area contributed by atoms with Gasteiger partial charge in [0, 0.05) is 17.4 Å². The molecule has 2 aromatic carbocycles. The van der Waals surface area contributed by atoms with Gasteiger partial charge in [-0.2, -0.15) is 5.10 Å². The first kappa shape index (κ1) is 21.0. The Morgan fingerprint density at radius 3 is 2.48 bits per heavy atom. The number of carbonyl (C=O) groups excluding carboxylic acids is 1. The molecule has 0 fully saturated rings. The van der Waals surface area contributed by atoms with Crippen molar-refractivity contribution in [2.24, 2.45) is 0 Å². The second-order valence-corrected chi connectivity index (χ2v) is 9.72. The Morgan fingerprint density at radius 1 is 0.970 bits per heavy atom. The zero-order valence-electron chi connectivity index (χ0n) is 17.1. The van der Waals surface area contributed by atoms with E-state index < -0.39 is 10.0 Å². The number of nitrogens with zero attached hydrogens (tertiary/aromatic N) is 1. The van der Waals surface area contributed by atoms with E-state index in [-0.39, 0.29) is 16.5 Å². The minimum Gasteiger partial charge on any atom is -0.486 e. The lowest BCUT2D eigenvalue weighted by Crippen LogP contribution is -2.17. The Hall–Kier alpha value is -3.83. The SMILES string of the molecule is O=C(Nc1ccc(NS(=O)(=O)c2ccc3c(c2)OCCO3)cc1)c1cc(-c2cccs2)[nH]n1. The van der Waals surface area contributed by atoms with Gasteiger partial charge < -0.3 is 14.8 Å². The number of hydrogen-bond donors (Lipinski definition) is 3. The van der Waals surface area contributed by atoms with E-state index in [2.05, 4.69) is 20.2 Å². The first-order valence-electron chi connectivity index (χ1n) is 9.91. The van der Waals surface area contributed by atoms with Crippen LogP contribution in [0.4, 0.5) is 11.4 Å². The number of nitrogens with one attached hydrogen (secondary N) is 3. The molecule has 11 heteroatoms. The fourth-order valence-corrected chi connectivity index (χ4v) is 4.98. The predicted octanol–water partition coefficient (Wildman–Crippen LogP) is 3.96. The number of amides is 1. The molecular weight excluding hydrogens is 464 g/mol. The van der Waals surface area contributed by atoms with Gasteiger partial charge in [0.2, 0.25) is 0 Å². The van der Waals surface area contributed by atoms with Gasteiger partial charge in [-0.25, -0.2) is 8.42 Å². The van der Waals surface area contributed by atoms with Crippen LogP contribution in [0.1, 0.15) is 10.5 Å². The molecule has 0 saturated heterocycles. The summed E-state index contributed by atoms with van der Waals surface area (Å²) >= 11 is 1.54. The van der Waals surface area contributed by atoms with Crippen LogP contribution in [0.5, 0.6) is 11.5 Å². The molecule has 0 unspecified atom stereocenters. The van der Waals surface area contributed by atoms with E-state index in [1.165, 1.54) is 12.1 Å². The third-order valence-electron chi connectivity index (χ3n) is 4.82. The van der Waals surface area contributed by atoms with Crippen LogP contribution in [0, 0.1) is 0 Å². The number of sulfonamides is 1. The van der Waals surface area contributed by atoms with Crippen LogP contribution in [0.25, 0.3) is 10.6 Å². The minimum absolute atomic E-state index is 0.0595. The molecule has 0 spiro atoms. The summed E-state index contributed by atoms with van der Waals surface area (Å²) in [6.45, 7) is 0.793. The van der Waals surface area contributed by atoms with Crippen LogP contribution in [-0.2, 0) is 10.0 Å². The molecule has 0 saturated carbocycles. The highest BCUT2D eigenvalue weighted by molar-refractivity contribution is 7.92. The van der Waals surface area contributed by atoms with Crippen molar-refractivity contribution in [3.8, 4) is 22.1 Å². The van der Waals surface area contributed by atoms with E-state index in [1.54, 1.807) is 47.7 Å². The molecule has 0 aliphatic carbocycles. The molecule has 0 atom stereocenters. The molecule has 2 aromatic heterocycles. The summed E-state index contributed by atoms with van der Waals surface area (Å²) in [5.41, 5.74) is 1.87. The number of aromatic amines is 1. The lowest BCUT2D eigenvalue weighted by molar-refractivity contribution is 0.102. The summed E-state index contributed by atoms with van der Waals surface area (Å²) in [7, 11) is -3.83. The van der Waals surface area contributed by atoms with Crippen LogP contribution in [-0.4, -0.2) is 37.7 Å². The Labute approximate surface area is 193 Å². The van der Waals surface area contributed by atoms with E-state index in [0.717, 1.165) is 10.6 Å². The smallest absolute Gasteiger partial charge is 0.276 e. The average Bonchev–Trinajstić information content (AvgIpc) is 3.52. The highest BCUT2D eigenvalue weighted by atomic mass is 32.2. The van der Waals surface area contributed by atoms with Gasteiger partial charge in [0.1, 0.15) is 13.2 Å². The van der Waals surface area contributed by atoms with Crippen LogP contribution in [0.2, 0.25) is 0 Å². The van der Waals surface area contributed by atoms with Crippen LogP contribution < -0.4 is 19.5 Å². The monoisotopic (exact) mass is 482 g/mol. The molecule has 1 amide bonds. The fourth-order valence-electron chi connectivity index (χ4n) is 3.22. The van der Waals surface area contributed by atoms with Gasteiger partial charge in [0.15, 0.2) is 17.2 Å². The normalized spacial score (nSPS) is 12.8. The van der Waals surface area contributed by atoms with E-state index >= 15 is 0 Å². The minimum atomic E-state index is -3.83. The Kier molecular flexibility index (Phi) is 5.48. The van der Waals surface area contributed by atoms with Crippen LogP contribution >= 0.6 is 11.3 Å². The summed E-state index contributed by atoms with van der Waals surface area (Å²) in [6.07, 6.45) is 0. The third-order valence-corrected chi connectivity index (χ3v) is 7.10. The van der Waals surface area contributed by atoms with Crippen molar-refractivity contribution < 1.29 is 22.7 Å². The van der Waals surface area contributed by atoms with Gasteiger partial charge in [-0.15, -0.1) is 11.3 Å². The number of fused-ring (bicyclic) bond motifs is 1. The van der Waals surface area contributed by atoms with E-state index in [9.17, 15) is 13.2 Å². The number of anilines is 2. The summed E-state index contributed by atoms with van der Waals surface area (Å²) in [6, 6.07) is 16.3. The number of ether oxygens (including phenoxy) is 2. The van der Waals surface area contributed by atoms with Gasteiger partial charge in [0.25, 0.3) is 15.9 Å². The van der Waals surface area contributed by atoms with Gasteiger partial charge in [-0.3, -0.25) is 14.6 Å². The molecule has 3 N–H and O–H groups in total. The number of thiophene rings is 1. The maximum Gasteiger partial charge on any atom is 0.276 e. The second-order valence-electron chi connectivity index (χ2n) is 7.09. The number of carbonyl (C=O) groups is 1. The highest BCUT2D eigenvalue weighted by Gasteiger charge is 2.20. The fraction of sp³-hybridized carbons (Fsp3) is 0.0909. The lowest BCUT2D eigenvalue weighted by Gasteiger charge is -2.19. The largest absolute Gasteiger partial charge is 0.486 e. The van der Waals surface area contributed by atoms with Crippen molar-refractivity contribution in [3.05, 3.63) is 71.7 Å². The predicted molar refractivity (Wildman–Crippen MR) is 125 cm³/mol. The number of H-pyrrole nitrogens is 1. The summed E-state index contributed by atoms with van der Waals surface area (Å²) in [5, 5.41) is 11.6. The van der Waals surface area contributed by atoms with Crippen LogP contribution in [0.15, 0.2) is 70.9 Å². The quantitative estimate of drug-likeness (QED) is 0.382. The Balaban J connectivity index is 1.25. The molecule has 9 nitrogen and oxygen atoms in total. The van der Waals surface area contributed by atoms with Gasteiger partial charge in [-0.1, -0.05) is 6.07 Å². The molecule has 5 rings (SSSR count). The molecule has 0 bridgehead atoms. The number of hydrogen-bond acceptors (Lipinski definition) is 7. The zero-order valence-corrected chi connectivity index (χ0v) is 18.7. The van der Waals surface area contributed by atoms with Gasteiger partial charge in [-0.05, 0) is 53.9 Å². The second kappa shape index (κ2) is 8.60. The summed E-state index contributed by atoms with van der Waals surface area (Å²) in [5.74, 6) is 0.529. The first-order chi connectivity index (χ1) is 16.0. The van der Waals surface area contributed by atoms with Gasteiger partial charge in [0.05, 0.1) is 15.5 Å². The molecule has 3 heterocycles. The Bertz CT molecular complexity index is 1400. The van der Waals surface area contributed by atoms with Crippen LogP contribution in [0.3, 0.4) is 0 Å². The van der Waals surface area contributed by atoms with Crippen molar-refractivity contribution in [2.75, 3.05) is 23.3 Å². The highest BCUT2D eigenvalue weighted by Crippen LogP contribution is 2.33. The molecule has 1 aliphatic heterocycles. The van der Waals surface area contributed by atoms with E-state index in [4.69, 9.17) is 9.47 Å². The lowest BCUT2D eigenvalue weighted by atomic mass is 10.2. The molecular formula is C22H18N4O5S2. The van der Waals surface area contributed by atoms with E-state index in [0.29, 0.717) is 36.1 Å². The molecule has 33 heavy (non-hydrogen) atoms. The van der Waals surface area contributed by atoms with Crippen molar-refractivity contribution >= 4 is 38.6 Å². The Morgan fingerprint density at radius 2 is 1.73 bits per heavy atom. The topological polar surface area (TPSA) is 122 Å². The first-order valence-corrected chi connectivity index (χ1v) is 12.3. The van der Waals surface area contributed by atoms with Crippen molar-refractivity contribution in [1.82, 2.24) is 10.2 Å². The maximum absolute atomic E-state index is 12.7. The zero-order chi connectivity index (χ0) is 22.8. The molecule has 168 valence electrons. The average molecular weight is 483 g/mol. The standard InChI is InChI=1S/C22H18N4O5S2/c27-22(18-13-17(24-25-18)21-2-1-11-32-21)23-14-3-5-15(6-4-14)26-33(28,29)16-7-8-19-20(12-16)31-10-9-30-19/h1-8,11-13,26H,9-10H2,(H,23,27)(H,24,25). The van der Waals surface area contributed by atoms with E-state index in [1.807, 2.05) is 17.5 Å². The van der Waals surface area contributed by atoms with Crippen molar-refractivity contribution in [1.29, 1.82) is 0 Å². The number of benzene rings is 2. The number of rotatable bonds is 6. The summed E-state index contributed by atoms with van der Waals surface area (Å²) in [4.78, 5) is 13.5. The third kappa shape index (κ3) is 4.54. The number of aromatic nitrogens is 2. The molecule has 1 aliphatic rings. The maximum atomic E-state index is 12.7. The summed E-state index contributed by atoms with van der Waals surface area (Å²) < 4.78 is 38.9. The molecule has 0 radical (unpaired) electrons. The van der Waals surface area contributed by atoms with Crippen molar-refractivity contribution in [2.45, 2.75) is 4.90 Å².